The van der Waals surface area contributed by atoms with Gasteiger partial charge in [0, 0.05) is 28.5 Å². The molecule has 34 heavy (non-hydrogen) atoms. The summed E-state index contributed by atoms with van der Waals surface area (Å²) < 4.78 is 7.33. The minimum atomic E-state index is -0.517. The number of benzene rings is 2. The maximum absolute atomic E-state index is 13.6. The summed E-state index contributed by atoms with van der Waals surface area (Å²) in [6.45, 7) is 7.65. The van der Waals surface area contributed by atoms with Gasteiger partial charge in [0.1, 0.15) is 0 Å². The Bertz CT molecular complexity index is 1350. The van der Waals surface area contributed by atoms with Crippen molar-refractivity contribution in [3.63, 3.8) is 0 Å². The highest BCUT2D eigenvalue weighted by Crippen LogP contribution is 2.36. The zero-order chi connectivity index (χ0) is 24.6. The maximum atomic E-state index is 13.6. The van der Waals surface area contributed by atoms with Gasteiger partial charge in [-0.25, -0.2) is 4.79 Å². The van der Waals surface area contributed by atoms with Crippen molar-refractivity contribution in [3.8, 4) is 5.69 Å². The number of anilines is 1. The van der Waals surface area contributed by atoms with Gasteiger partial charge in [-0.2, -0.15) is 0 Å². The topological polar surface area (TPSA) is 51.5 Å². The molecule has 0 unspecified atom stereocenters. The van der Waals surface area contributed by atoms with Crippen LogP contribution < -0.4 is 4.90 Å². The molecule has 0 radical (unpaired) electrons. The Kier molecular flexibility index (Phi) is 6.69. The molecule has 1 aromatic heterocycles. The first-order valence-electron chi connectivity index (χ1n) is 10.9. The number of hydrogen-bond acceptors (Lipinski definition) is 3. The van der Waals surface area contributed by atoms with Crippen LogP contribution >= 0.6 is 23.2 Å². The quantitative estimate of drug-likeness (QED) is 0.294. The minimum Gasteiger partial charge on any atom is -0.462 e. The zero-order valence-corrected chi connectivity index (χ0v) is 20.9. The molecule has 0 saturated heterocycles. The third-order valence-electron chi connectivity index (χ3n) is 5.83. The first kappa shape index (κ1) is 23.9. The fraction of sp³-hybridized carbons (Fsp3) is 0.185. The Morgan fingerprint density at radius 3 is 2.32 bits per heavy atom. The predicted molar refractivity (Wildman–Crippen MR) is 137 cm³/mol. The van der Waals surface area contributed by atoms with Crippen LogP contribution in [0.15, 0.2) is 71.4 Å². The van der Waals surface area contributed by atoms with Gasteiger partial charge in [0.15, 0.2) is 0 Å². The molecule has 0 saturated carbocycles. The molecule has 0 spiro atoms. The Morgan fingerprint density at radius 1 is 0.971 bits per heavy atom. The molecule has 0 bridgehead atoms. The van der Waals surface area contributed by atoms with Crippen molar-refractivity contribution in [2.45, 2.75) is 27.7 Å². The van der Waals surface area contributed by atoms with E-state index >= 15 is 0 Å². The minimum absolute atomic E-state index is 0.217. The Hall–Kier alpha value is -3.28. The molecule has 3 aromatic rings. The SMILES string of the molecule is CCOC(=O)C1=C(C)N(c2ccccc2)C(=O)/C1=C\c1cc(C)n(-c2ccc(Cl)c(Cl)c2)c1C. The number of hydrogen-bond donors (Lipinski definition) is 0. The van der Waals surface area contributed by atoms with Crippen LogP contribution in [-0.2, 0) is 14.3 Å². The van der Waals surface area contributed by atoms with Crippen LogP contribution in [-0.4, -0.2) is 23.1 Å². The lowest BCUT2D eigenvalue weighted by atomic mass is 10.0. The van der Waals surface area contributed by atoms with Crippen LogP contribution in [0.2, 0.25) is 10.0 Å². The molecule has 0 aliphatic carbocycles. The van der Waals surface area contributed by atoms with E-state index in [4.69, 9.17) is 27.9 Å². The second kappa shape index (κ2) is 9.53. The first-order chi connectivity index (χ1) is 16.2. The largest absolute Gasteiger partial charge is 0.462 e. The van der Waals surface area contributed by atoms with E-state index < -0.39 is 5.97 Å². The molecule has 1 amide bonds. The summed E-state index contributed by atoms with van der Waals surface area (Å²) in [5.74, 6) is -0.789. The fourth-order valence-electron chi connectivity index (χ4n) is 4.28. The summed E-state index contributed by atoms with van der Waals surface area (Å²) in [5.41, 5.74) is 5.33. The van der Waals surface area contributed by atoms with Crippen molar-refractivity contribution < 1.29 is 14.3 Å². The summed E-state index contributed by atoms with van der Waals surface area (Å²) in [5, 5.41) is 0.937. The molecular formula is C27H24Cl2N2O3. The zero-order valence-electron chi connectivity index (χ0n) is 19.4. The van der Waals surface area contributed by atoms with Crippen molar-refractivity contribution >= 4 is 46.8 Å². The third-order valence-corrected chi connectivity index (χ3v) is 6.56. The average Bonchev–Trinajstić information content (AvgIpc) is 3.22. The van der Waals surface area contributed by atoms with E-state index in [-0.39, 0.29) is 18.1 Å². The van der Waals surface area contributed by atoms with Crippen molar-refractivity contribution in [3.05, 3.63) is 98.4 Å². The number of ether oxygens (including phenoxy) is 1. The lowest BCUT2D eigenvalue weighted by molar-refractivity contribution is -0.138. The Morgan fingerprint density at radius 2 is 1.68 bits per heavy atom. The molecule has 174 valence electrons. The number of halogens is 2. The van der Waals surface area contributed by atoms with Gasteiger partial charge in [-0.1, -0.05) is 41.4 Å². The van der Waals surface area contributed by atoms with E-state index in [0.717, 1.165) is 22.6 Å². The smallest absolute Gasteiger partial charge is 0.340 e. The van der Waals surface area contributed by atoms with Crippen LogP contribution in [0.1, 0.15) is 30.8 Å². The van der Waals surface area contributed by atoms with Gasteiger partial charge in [-0.3, -0.25) is 9.69 Å². The van der Waals surface area contributed by atoms with Gasteiger partial charge in [0.2, 0.25) is 0 Å². The lowest BCUT2D eigenvalue weighted by Crippen LogP contribution is -2.24. The molecule has 0 fully saturated rings. The standard InChI is InChI=1S/C27H24Cl2N2O3/c1-5-34-27(33)25-18(4)31(20-9-7-6-8-10-20)26(32)22(25)14-19-13-16(2)30(17(19)3)21-11-12-23(28)24(29)15-21/h6-15H,5H2,1-4H3/b22-14-. The van der Waals surface area contributed by atoms with Crippen molar-refractivity contribution in [1.29, 1.82) is 0 Å². The lowest BCUT2D eigenvalue weighted by Gasteiger charge is -2.17. The summed E-state index contributed by atoms with van der Waals surface area (Å²) in [6, 6.07) is 16.7. The van der Waals surface area contributed by atoms with Crippen molar-refractivity contribution in [2.75, 3.05) is 11.5 Å². The number of allylic oxidation sites excluding steroid dienone is 1. The highest BCUT2D eigenvalue weighted by Gasteiger charge is 2.38. The molecule has 5 nitrogen and oxygen atoms in total. The summed E-state index contributed by atoms with van der Waals surface area (Å²) in [4.78, 5) is 28.0. The van der Waals surface area contributed by atoms with E-state index in [1.807, 2.05) is 60.9 Å². The van der Waals surface area contributed by atoms with Crippen LogP contribution in [0.3, 0.4) is 0 Å². The molecule has 4 rings (SSSR count). The Balaban J connectivity index is 1.85. The molecular weight excluding hydrogens is 471 g/mol. The van der Waals surface area contributed by atoms with E-state index in [1.165, 1.54) is 0 Å². The number of rotatable bonds is 5. The number of aromatic nitrogens is 1. The van der Waals surface area contributed by atoms with Gasteiger partial charge < -0.3 is 9.30 Å². The Labute approximate surface area is 208 Å². The average molecular weight is 495 g/mol. The van der Waals surface area contributed by atoms with Gasteiger partial charge >= 0.3 is 5.97 Å². The monoisotopic (exact) mass is 494 g/mol. The van der Waals surface area contributed by atoms with Gasteiger partial charge in [0.05, 0.1) is 27.8 Å². The van der Waals surface area contributed by atoms with Crippen LogP contribution in [0, 0.1) is 13.8 Å². The van der Waals surface area contributed by atoms with Crippen molar-refractivity contribution in [1.82, 2.24) is 4.57 Å². The van der Waals surface area contributed by atoms with E-state index in [2.05, 4.69) is 0 Å². The number of carbonyl (C=O) groups is 2. The van der Waals surface area contributed by atoms with Crippen LogP contribution in [0.4, 0.5) is 5.69 Å². The summed E-state index contributed by atoms with van der Waals surface area (Å²) in [6.07, 6.45) is 1.76. The van der Waals surface area contributed by atoms with Gasteiger partial charge in [-0.15, -0.1) is 0 Å². The molecule has 2 heterocycles. The van der Waals surface area contributed by atoms with E-state index in [0.29, 0.717) is 27.0 Å². The molecule has 1 aliphatic heterocycles. The third kappa shape index (κ3) is 4.17. The number of aryl methyl sites for hydroxylation is 1. The predicted octanol–water partition coefficient (Wildman–Crippen LogP) is 6.67. The number of carbonyl (C=O) groups excluding carboxylic acids is 2. The van der Waals surface area contributed by atoms with Crippen LogP contribution in [0.5, 0.6) is 0 Å². The number of para-hydroxylation sites is 1. The maximum Gasteiger partial charge on any atom is 0.340 e. The van der Waals surface area contributed by atoms with Crippen LogP contribution in [0.25, 0.3) is 11.8 Å². The number of amides is 1. The number of esters is 1. The normalized spacial score (nSPS) is 14.9. The second-order valence-electron chi connectivity index (χ2n) is 7.98. The molecule has 2 aromatic carbocycles. The first-order valence-corrected chi connectivity index (χ1v) is 11.6. The highest BCUT2D eigenvalue weighted by molar-refractivity contribution is 6.42. The molecule has 7 heteroatoms. The second-order valence-corrected chi connectivity index (χ2v) is 8.79. The summed E-state index contributed by atoms with van der Waals surface area (Å²) in [7, 11) is 0. The molecule has 0 N–H and O–H groups in total. The molecule has 0 atom stereocenters. The van der Waals surface area contributed by atoms with Gasteiger partial charge in [0.25, 0.3) is 5.91 Å². The molecule has 1 aliphatic rings. The van der Waals surface area contributed by atoms with Crippen molar-refractivity contribution in [2.24, 2.45) is 0 Å². The summed E-state index contributed by atoms with van der Waals surface area (Å²) >= 11 is 12.3. The van der Waals surface area contributed by atoms with E-state index in [1.54, 1.807) is 37.0 Å². The number of nitrogens with zero attached hydrogens (tertiary/aromatic N) is 2. The van der Waals surface area contributed by atoms with Gasteiger partial charge in [-0.05, 0) is 75.7 Å². The highest BCUT2D eigenvalue weighted by atomic mass is 35.5. The fourth-order valence-corrected chi connectivity index (χ4v) is 4.57. The van der Waals surface area contributed by atoms with E-state index in [9.17, 15) is 9.59 Å².